The average Bonchev–Trinajstić information content (AvgIpc) is 2.53. The summed E-state index contributed by atoms with van der Waals surface area (Å²) < 4.78 is 0. The lowest BCUT2D eigenvalue weighted by atomic mass is 10.1. The fraction of sp³-hybridized carbons (Fsp3) is 0.200. The largest absolute Gasteiger partial charge is 0.382 e. The summed E-state index contributed by atoms with van der Waals surface area (Å²) in [6, 6.07) is 8.24. The lowest BCUT2D eigenvalue weighted by Gasteiger charge is -2.02. The first-order valence-corrected chi connectivity index (χ1v) is 4.20. The van der Waals surface area contributed by atoms with Crippen LogP contribution in [-0.4, -0.2) is 0 Å². The molecule has 0 spiro atoms. The number of benzene rings is 1. The van der Waals surface area contributed by atoms with E-state index in [9.17, 15) is 0 Å². The molecule has 3 heteroatoms. The number of hydrogen-bond donors (Lipinski definition) is 1. The predicted octanol–water partition coefficient (Wildman–Crippen LogP) is 2.30. The molecular weight excluding hydrogens is 162 g/mol. The third-order valence-electron chi connectivity index (χ3n) is 2.05. The molecule has 2 N–H and O–H groups in total. The van der Waals surface area contributed by atoms with Gasteiger partial charge in [-0.1, -0.05) is 29.8 Å². The zero-order valence-corrected chi connectivity index (χ0v) is 7.44. The number of hydrogen-bond acceptors (Lipinski definition) is 3. The Kier molecular flexibility index (Phi) is 1.85. The Morgan fingerprint density at radius 2 is 1.92 bits per heavy atom. The van der Waals surface area contributed by atoms with Gasteiger partial charge in [0.05, 0.1) is 0 Å². The van der Waals surface area contributed by atoms with Crippen molar-refractivity contribution in [2.24, 2.45) is 16.0 Å². The topological polar surface area (TPSA) is 50.7 Å². The van der Waals surface area contributed by atoms with Gasteiger partial charge < -0.3 is 5.73 Å². The van der Waals surface area contributed by atoms with E-state index in [2.05, 4.69) is 29.3 Å². The lowest BCUT2D eigenvalue weighted by molar-refractivity contribution is 0.878. The minimum absolute atomic E-state index is 0.0144. The molecule has 1 aliphatic heterocycles. The molecule has 66 valence electrons. The van der Waals surface area contributed by atoms with E-state index in [1.165, 1.54) is 5.56 Å². The molecule has 1 heterocycles. The number of azo groups is 1. The Morgan fingerprint density at radius 3 is 2.46 bits per heavy atom. The zero-order valence-electron chi connectivity index (χ0n) is 7.44. The number of rotatable bonds is 1. The van der Waals surface area contributed by atoms with Gasteiger partial charge in [0.15, 0.2) is 0 Å². The van der Waals surface area contributed by atoms with Crippen molar-refractivity contribution >= 4 is 0 Å². The Hall–Kier alpha value is -1.64. The van der Waals surface area contributed by atoms with Gasteiger partial charge in [0.2, 0.25) is 0 Å². The molecule has 0 radical (unpaired) electrons. The van der Waals surface area contributed by atoms with Crippen LogP contribution in [0.4, 0.5) is 0 Å². The van der Waals surface area contributed by atoms with Gasteiger partial charge in [-0.2, -0.15) is 5.11 Å². The van der Waals surface area contributed by atoms with Crippen molar-refractivity contribution in [2.75, 3.05) is 0 Å². The molecule has 0 saturated carbocycles. The van der Waals surface area contributed by atoms with Crippen molar-refractivity contribution < 1.29 is 0 Å². The minimum Gasteiger partial charge on any atom is -0.382 e. The number of aryl methyl sites for hydroxylation is 1. The summed E-state index contributed by atoms with van der Waals surface area (Å²) in [5.74, 6) is 0.505. The molecule has 0 amide bonds. The van der Waals surface area contributed by atoms with E-state index in [1.807, 2.05) is 18.2 Å². The zero-order chi connectivity index (χ0) is 9.26. The van der Waals surface area contributed by atoms with Crippen LogP contribution in [0.25, 0.3) is 0 Å². The molecule has 13 heavy (non-hydrogen) atoms. The first-order valence-electron chi connectivity index (χ1n) is 4.20. The van der Waals surface area contributed by atoms with E-state index < -0.39 is 0 Å². The maximum atomic E-state index is 5.49. The summed E-state index contributed by atoms with van der Waals surface area (Å²) >= 11 is 0. The van der Waals surface area contributed by atoms with E-state index in [0.29, 0.717) is 5.82 Å². The van der Waals surface area contributed by atoms with Gasteiger partial charge in [-0.25, -0.2) is 0 Å². The normalized spacial score (nSPS) is 20.4. The van der Waals surface area contributed by atoms with Crippen molar-refractivity contribution in [2.45, 2.75) is 13.0 Å². The highest BCUT2D eigenvalue weighted by Crippen LogP contribution is 2.25. The Labute approximate surface area is 77.0 Å². The Morgan fingerprint density at radius 1 is 1.23 bits per heavy atom. The van der Waals surface area contributed by atoms with Crippen LogP contribution >= 0.6 is 0 Å². The molecule has 1 aliphatic rings. The van der Waals surface area contributed by atoms with Crippen LogP contribution < -0.4 is 5.73 Å². The molecule has 2 rings (SSSR count). The summed E-state index contributed by atoms with van der Waals surface area (Å²) in [7, 11) is 0. The molecular formula is C10H11N3. The summed E-state index contributed by atoms with van der Waals surface area (Å²) in [5.41, 5.74) is 7.87. The van der Waals surface area contributed by atoms with E-state index in [-0.39, 0.29) is 6.04 Å². The molecule has 0 aliphatic carbocycles. The van der Waals surface area contributed by atoms with Crippen LogP contribution in [0.5, 0.6) is 0 Å². The molecule has 1 aromatic rings. The second kappa shape index (κ2) is 3.01. The van der Waals surface area contributed by atoms with E-state index in [0.717, 1.165) is 5.56 Å². The van der Waals surface area contributed by atoms with Gasteiger partial charge in [-0.05, 0) is 18.6 Å². The summed E-state index contributed by atoms with van der Waals surface area (Å²) in [5, 5.41) is 7.80. The molecule has 0 fully saturated rings. The van der Waals surface area contributed by atoms with Crippen LogP contribution in [0.3, 0.4) is 0 Å². The maximum absolute atomic E-state index is 5.49. The van der Waals surface area contributed by atoms with Crippen molar-refractivity contribution in [3.8, 4) is 0 Å². The summed E-state index contributed by atoms with van der Waals surface area (Å²) in [6.45, 7) is 2.06. The van der Waals surface area contributed by atoms with Gasteiger partial charge in [0.1, 0.15) is 11.9 Å². The SMILES string of the molecule is Cc1ccc([C@H]2C=C(N)N=N2)cc1. The van der Waals surface area contributed by atoms with Crippen molar-refractivity contribution in [1.82, 2.24) is 0 Å². The quantitative estimate of drug-likeness (QED) is 0.696. The molecule has 0 bridgehead atoms. The highest BCUT2D eigenvalue weighted by molar-refractivity contribution is 5.28. The van der Waals surface area contributed by atoms with Crippen molar-refractivity contribution in [3.63, 3.8) is 0 Å². The van der Waals surface area contributed by atoms with Crippen LogP contribution in [0, 0.1) is 6.92 Å². The summed E-state index contributed by atoms with van der Waals surface area (Å²) in [4.78, 5) is 0. The number of nitrogens with two attached hydrogens (primary N) is 1. The van der Waals surface area contributed by atoms with Gasteiger partial charge in [0, 0.05) is 0 Å². The molecule has 0 unspecified atom stereocenters. The highest BCUT2D eigenvalue weighted by atomic mass is 15.2. The van der Waals surface area contributed by atoms with Crippen LogP contribution in [-0.2, 0) is 0 Å². The van der Waals surface area contributed by atoms with Gasteiger partial charge in [-0.15, -0.1) is 5.11 Å². The first-order chi connectivity index (χ1) is 6.25. The van der Waals surface area contributed by atoms with E-state index in [4.69, 9.17) is 5.73 Å². The first kappa shape index (κ1) is 7.98. The second-order valence-corrected chi connectivity index (χ2v) is 3.16. The minimum atomic E-state index is 0.0144. The van der Waals surface area contributed by atoms with Gasteiger partial charge in [0.25, 0.3) is 0 Å². The fourth-order valence-corrected chi connectivity index (χ4v) is 1.28. The standard InChI is InChI=1S/C10H11N3/c1-7-2-4-8(5-3-7)9-6-10(11)13-12-9/h2-6,9H,11H2,1H3/t9-/m1/s1. The average molecular weight is 173 g/mol. The Bertz CT molecular complexity index is 362. The van der Waals surface area contributed by atoms with Gasteiger partial charge >= 0.3 is 0 Å². The monoisotopic (exact) mass is 173 g/mol. The van der Waals surface area contributed by atoms with Gasteiger partial charge in [-0.3, -0.25) is 0 Å². The molecule has 1 atom stereocenters. The highest BCUT2D eigenvalue weighted by Gasteiger charge is 2.12. The molecule has 0 saturated heterocycles. The number of nitrogens with zero attached hydrogens (tertiary/aromatic N) is 2. The molecule has 1 aromatic carbocycles. The van der Waals surface area contributed by atoms with Crippen LogP contribution in [0.15, 0.2) is 46.4 Å². The van der Waals surface area contributed by atoms with Crippen LogP contribution in [0.1, 0.15) is 17.2 Å². The summed E-state index contributed by atoms with van der Waals surface area (Å²) in [6.07, 6.45) is 1.85. The molecule has 3 nitrogen and oxygen atoms in total. The third kappa shape index (κ3) is 1.59. The van der Waals surface area contributed by atoms with Crippen molar-refractivity contribution in [1.29, 1.82) is 0 Å². The fourth-order valence-electron chi connectivity index (χ4n) is 1.28. The maximum Gasteiger partial charge on any atom is 0.144 e. The third-order valence-corrected chi connectivity index (χ3v) is 2.05. The Balaban J connectivity index is 2.28. The van der Waals surface area contributed by atoms with Crippen molar-refractivity contribution in [3.05, 3.63) is 47.3 Å². The van der Waals surface area contributed by atoms with Crippen LogP contribution in [0.2, 0.25) is 0 Å². The van der Waals surface area contributed by atoms with E-state index >= 15 is 0 Å². The van der Waals surface area contributed by atoms with E-state index in [1.54, 1.807) is 0 Å². The smallest absolute Gasteiger partial charge is 0.144 e. The second-order valence-electron chi connectivity index (χ2n) is 3.16. The molecule has 0 aromatic heterocycles. The predicted molar refractivity (Wildman–Crippen MR) is 51.0 cm³/mol. The lowest BCUT2D eigenvalue weighted by Crippen LogP contribution is -1.91.